The van der Waals surface area contributed by atoms with Gasteiger partial charge in [-0.25, -0.2) is 4.98 Å². The molecule has 2 heterocycles. The van der Waals surface area contributed by atoms with Crippen molar-refractivity contribution >= 4 is 28.8 Å². The summed E-state index contributed by atoms with van der Waals surface area (Å²) >= 11 is 7.30. The highest BCUT2D eigenvalue weighted by atomic mass is 35.5. The summed E-state index contributed by atoms with van der Waals surface area (Å²) in [6, 6.07) is 3.25. The van der Waals surface area contributed by atoms with Crippen molar-refractivity contribution in [1.29, 1.82) is 0 Å². The van der Waals surface area contributed by atoms with Crippen molar-refractivity contribution in [3.8, 4) is 0 Å². The summed E-state index contributed by atoms with van der Waals surface area (Å²) in [4.78, 5) is 20.8. The van der Waals surface area contributed by atoms with Crippen LogP contribution in [0, 0.1) is 6.92 Å². The lowest BCUT2D eigenvalue weighted by Gasteiger charge is -2.04. The molecule has 0 saturated carbocycles. The monoisotopic (exact) mass is 267 g/mol. The fraction of sp³-hybridized carbons (Fsp3) is 0.182. The lowest BCUT2D eigenvalue weighted by atomic mass is 10.2. The van der Waals surface area contributed by atoms with Gasteiger partial charge in [-0.05, 0) is 19.1 Å². The highest BCUT2D eigenvalue weighted by Crippen LogP contribution is 2.11. The van der Waals surface area contributed by atoms with Crippen molar-refractivity contribution in [1.82, 2.24) is 15.3 Å². The van der Waals surface area contributed by atoms with Gasteiger partial charge < -0.3 is 5.32 Å². The van der Waals surface area contributed by atoms with Gasteiger partial charge >= 0.3 is 0 Å². The van der Waals surface area contributed by atoms with E-state index in [4.69, 9.17) is 11.6 Å². The third-order valence-corrected chi connectivity index (χ3v) is 3.06. The summed E-state index contributed by atoms with van der Waals surface area (Å²) in [5.41, 5.74) is 2.97. The molecule has 2 aromatic rings. The topological polar surface area (TPSA) is 54.9 Å². The van der Waals surface area contributed by atoms with Crippen LogP contribution >= 0.6 is 22.9 Å². The zero-order valence-electron chi connectivity index (χ0n) is 9.11. The molecule has 6 heteroatoms. The molecule has 17 heavy (non-hydrogen) atoms. The molecule has 2 rings (SSSR count). The van der Waals surface area contributed by atoms with Crippen LogP contribution < -0.4 is 5.32 Å². The summed E-state index contributed by atoms with van der Waals surface area (Å²) in [5, 5.41) is 3.13. The van der Waals surface area contributed by atoms with Crippen LogP contribution in [0.3, 0.4) is 0 Å². The average molecular weight is 268 g/mol. The second-order valence-electron chi connectivity index (χ2n) is 3.47. The van der Waals surface area contributed by atoms with Gasteiger partial charge in [-0.1, -0.05) is 11.6 Å². The molecule has 2 aromatic heterocycles. The van der Waals surface area contributed by atoms with E-state index in [-0.39, 0.29) is 5.91 Å². The molecular weight excluding hydrogens is 258 g/mol. The molecule has 0 saturated heterocycles. The molecular formula is C11H10ClN3OS. The molecule has 0 unspecified atom stereocenters. The Morgan fingerprint density at radius 3 is 3.00 bits per heavy atom. The van der Waals surface area contributed by atoms with Gasteiger partial charge in [-0.3, -0.25) is 9.78 Å². The number of carbonyl (C=O) groups is 1. The minimum absolute atomic E-state index is 0.161. The number of hydrogen-bond acceptors (Lipinski definition) is 4. The molecule has 1 amide bonds. The van der Waals surface area contributed by atoms with E-state index in [0.29, 0.717) is 17.3 Å². The molecule has 0 aliphatic carbocycles. The maximum atomic E-state index is 11.8. The normalized spacial score (nSPS) is 10.2. The lowest BCUT2D eigenvalue weighted by Crippen LogP contribution is -2.22. The average Bonchev–Trinajstić information content (AvgIpc) is 2.77. The molecule has 0 aromatic carbocycles. The first kappa shape index (κ1) is 12.0. The van der Waals surface area contributed by atoms with Crippen LogP contribution in [-0.2, 0) is 6.54 Å². The number of rotatable bonds is 3. The Morgan fingerprint density at radius 2 is 2.35 bits per heavy atom. The van der Waals surface area contributed by atoms with E-state index in [9.17, 15) is 4.79 Å². The Balaban J connectivity index is 2.04. The SMILES string of the molecule is Cc1cc(C(=O)NCc2cncs2)cc(Cl)n1. The van der Waals surface area contributed by atoms with Crippen LogP contribution in [0.15, 0.2) is 23.8 Å². The molecule has 1 N–H and O–H groups in total. The van der Waals surface area contributed by atoms with Crippen LogP contribution in [0.1, 0.15) is 20.9 Å². The van der Waals surface area contributed by atoms with Gasteiger partial charge in [0.2, 0.25) is 0 Å². The van der Waals surface area contributed by atoms with Crippen LogP contribution in [0.4, 0.5) is 0 Å². The minimum atomic E-state index is -0.161. The molecule has 0 spiro atoms. The largest absolute Gasteiger partial charge is 0.347 e. The third-order valence-electron chi connectivity index (χ3n) is 2.09. The fourth-order valence-corrected chi connectivity index (χ4v) is 2.14. The van der Waals surface area contributed by atoms with Gasteiger partial charge in [0, 0.05) is 22.3 Å². The highest BCUT2D eigenvalue weighted by Gasteiger charge is 2.07. The number of nitrogens with zero attached hydrogens (tertiary/aromatic N) is 2. The van der Waals surface area contributed by atoms with Gasteiger partial charge in [0.1, 0.15) is 5.15 Å². The van der Waals surface area contributed by atoms with E-state index in [2.05, 4.69) is 15.3 Å². The number of hydrogen-bond donors (Lipinski definition) is 1. The fourth-order valence-electron chi connectivity index (χ4n) is 1.36. The first-order valence-electron chi connectivity index (χ1n) is 4.95. The predicted octanol–water partition coefficient (Wildman–Crippen LogP) is 2.43. The van der Waals surface area contributed by atoms with Crippen molar-refractivity contribution in [2.45, 2.75) is 13.5 Å². The number of thiazole rings is 1. The van der Waals surface area contributed by atoms with Crippen molar-refractivity contribution in [2.24, 2.45) is 0 Å². The second kappa shape index (κ2) is 5.25. The van der Waals surface area contributed by atoms with E-state index in [1.165, 1.54) is 11.3 Å². The summed E-state index contributed by atoms with van der Waals surface area (Å²) in [6.07, 6.45) is 1.73. The highest BCUT2D eigenvalue weighted by molar-refractivity contribution is 7.09. The zero-order chi connectivity index (χ0) is 12.3. The lowest BCUT2D eigenvalue weighted by molar-refractivity contribution is 0.0951. The Kier molecular flexibility index (Phi) is 3.71. The summed E-state index contributed by atoms with van der Waals surface area (Å²) in [5.74, 6) is -0.161. The van der Waals surface area contributed by atoms with Crippen molar-refractivity contribution in [3.63, 3.8) is 0 Å². The molecule has 88 valence electrons. The van der Waals surface area contributed by atoms with Crippen molar-refractivity contribution in [3.05, 3.63) is 45.1 Å². The van der Waals surface area contributed by atoms with Crippen LogP contribution in [-0.4, -0.2) is 15.9 Å². The molecule has 0 fully saturated rings. The van der Waals surface area contributed by atoms with Gasteiger partial charge in [0.25, 0.3) is 5.91 Å². The quantitative estimate of drug-likeness (QED) is 0.869. The summed E-state index contributed by atoms with van der Waals surface area (Å²) < 4.78 is 0. The Morgan fingerprint density at radius 1 is 1.53 bits per heavy atom. The van der Waals surface area contributed by atoms with Crippen molar-refractivity contribution < 1.29 is 4.79 Å². The Bertz CT molecular complexity index is 507. The predicted molar refractivity (Wildman–Crippen MR) is 67.3 cm³/mol. The smallest absolute Gasteiger partial charge is 0.251 e. The van der Waals surface area contributed by atoms with Gasteiger partial charge in [-0.2, -0.15) is 0 Å². The number of aromatic nitrogens is 2. The zero-order valence-corrected chi connectivity index (χ0v) is 10.7. The van der Waals surface area contributed by atoms with Crippen LogP contribution in [0.5, 0.6) is 0 Å². The first-order valence-corrected chi connectivity index (χ1v) is 6.20. The molecule has 0 bridgehead atoms. The van der Waals surface area contributed by atoms with E-state index in [0.717, 1.165) is 10.6 Å². The molecule has 0 aliphatic heterocycles. The van der Waals surface area contributed by atoms with Gasteiger partial charge in [0.15, 0.2) is 0 Å². The standard InChI is InChI=1S/C11H10ClN3OS/c1-7-2-8(3-10(12)15-7)11(16)14-5-9-4-13-6-17-9/h2-4,6H,5H2,1H3,(H,14,16). The number of aryl methyl sites for hydroxylation is 1. The van der Waals surface area contributed by atoms with E-state index in [1.807, 2.05) is 0 Å². The summed E-state index contributed by atoms with van der Waals surface area (Å²) in [6.45, 7) is 2.27. The molecule has 0 atom stereocenters. The first-order chi connectivity index (χ1) is 8.15. The van der Waals surface area contributed by atoms with Gasteiger partial charge in [-0.15, -0.1) is 11.3 Å². The summed E-state index contributed by atoms with van der Waals surface area (Å²) in [7, 11) is 0. The Hall–Kier alpha value is -1.46. The Labute approximate surface area is 108 Å². The third kappa shape index (κ3) is 3.25. The number of carbonyl (C=O) groups excluding carboxylic acids is 1. The maximum absolute atomic E-state index is 11.8. The number of nitrogens with one attached hydrogen (secondary N) is 1. The van der Waals surface area contributed by atoms with E-state index < -0.39 is 0 Å². The molecule has 0 aliphatic rings. The second-order valence-corrected chi connectivity index (χ2v) is 4.83. The maximum Gasteiger partial charge on any atom is 0.251 e. The van der Waals surface area contributed by atoms with Crippen LogP contribution in [0.25, 0.3) is 0 Å². The van der Waals surface area contributed by atoms with Crippen molar-refractivity contribution in [2.75, 3.05) is 0 Å². The van der Waals surface area contributed by atoms with E-state index in [1.54, 1.807) is 30.8 Å². The minimum Gasteiger partial charge on any atom is -0.347 e. The number of halogens is 1. The van der Waals surface area contributed by atoms with Crippen LogP contribution in [0.2, 0.25) is 5.15 Å². The molecule has 4 nitrogen and oxygen atoms in total. The van der Waals surface area contributed by atoms with E-state index >= 15 is 0 Å². The number of pyridine rings is 1. The number of amides is 1. The van der Waals surface area contributed by atoms with Gasteiger partial charge in [0.05, 0.1) is 12.1 Å². The molecule has 0 radical (unpaired) electrons.